The zero-order chi connectivity index (χ0) is 34.8. The SMILES string of the molecule is COc1cc2ncnc(Nc3ccc(F)c(Cl)c3)c2cc1OCCCN1CCOCC1.O=C(O)/C=C/C(=O)O.O=C(O)/C=C/C(=O)O. The van der Waals surface area contributed by atoms with E-state index in [0.717, 1.165) is 44.7 Å². The van der Waals surface area contributed by atoms with Crippen molar-refractivity contribution in [1.29, 1.82) is 0 Å². The summed E-state index contributed by atoms with van der Waals surface area (Å²) >= 11 is 5.90. The number of hydrogen-bond donors (Lipinski definition) is 5. The van der Waals surface area contributed by atoms with Gasteiger partial charge >= 0.3 is 23.9 Å². The number of anilines is 2. The summed E-state index contributed by atoms with van der Waals surface area (Å²) in [6.07, 6.45) is 4.58. The number of ether oxygens (including phenoxy) is 3. The molecule has 47 heavy (non-hydrogen) atoms. The van der Waals surface area contributed by atoms with Gasteiger partial charge in [-0.15, -0.1) is 0 Å². The molecule has 17 heteroatoms. The minimum atomic E-state index is -1.26. The first-order valence-corrected chi connectivity index (χ1v) is 14.0. The van der Waals surface area contributed by atoms with Gasteiger partial charge in [-0.05, 0) is 30.7 Å². The second-order valence-corrected chi connectivity index (χ2v) is 9.58. The van der Waals surface area contributed by atoms with Crippen LogP contribution in [-0.2, 0) is 23.9 Å². The Bertz CT molecular complexity index is 1530. The molecule has 1 fully saturated rings. The van der Waals surface area contributed by atoms with Crippen LogP contribution < -0.4 is 14.8 Å². The molecule has 252 valence electrons. The van der Waals surface area contributed by atoms with E-state index in [2.05, 4.69) is 20.2 Å². The van der Waals surface area contributed by atoms with Crippen molar-refractivity contribution in [1.82, 2.24) is 14.9 Å². The molecule has 0 radical (unpaired) electrons. The molecule has 1 aromatic heterocycles. The summed E-state index contributed by atoms with van der Waals surface area (Å²) in [7, 11) is 1.60. The summed E-state index contributed by atoms with van der Waals surface area (Å²) in [4.78, 5) is 49.2. The van der Waals surface area contributed by atoms with Gasteiger partial charge in [-0.3, -0.25) is 4.90 Å². The molecule has 1 saturated heterocycles. The summed E-state index contributed by atoms with van der Waals surface area (Å²) in [6.45, 7) is 5.00. The summed E-state index contributed by atoms with van der Waals surface area (Å²) < 4.78 is 30.4. The maximum absolute atomic E-state index is 13.5. The number of benzene rings is 2. The minimum Gasteiger partial charge on any atom is -0.493 e. The van der Waals surface area contributed by atoms with E-state index in [9.17, 15) is 23.6 Å². The molecule has 4 rings (SSSR count). The highest BCUT2D eigenvalue weighted by Gasteiger charge is 2.14. The average molecular weight is 679 g/mol. The smallest absolute Gasteiger partial charge is 0.328 e. The van der Waals surface area contributed by atoms with Crippen molar-refractivity contribution in [3.8, 4) is 11.5 Å². The van der Waals surface area contributed by atoms with Crippen molar-refractivity contribution < 1.29 is 58.2 Å². The predicted molar refractivity (Wildman–Crippen MR) is 167 cm³/mol. The second kappa shape index (κ2) is 19.9. The van der Waals surface area contributed by atoms with Crippen molar-refractivity contribution in [2.45, 2.75) is 6.42 Å². The number of nitrogens with one attached hydrogen (secondary N) is 1. The van der Waals surface area contributed by atoms with Crippen LogP contribution in [0.15, 0.2) is 61.0 Å². The van der Waals surface area contributed by atoms with Crippen LogP contribution in [0.2, 0.25) is 5.02 Å². The molecule has 0 unspecified atom stereocenters. The van der Waals surface area contributed by atoms with Gasteiger partial charge in [-0.25, -0.2) is 33.5 Å². The molecule has 0 spiro atoms. The predicted octanol–water partition coefficient (Wildman–Crippen LogP) is 3.70. The number of carboxylic acids is 4. The van der Waals surface area contributed by atoms with Crippen molar-refractivity contribution in [3.05, 3.63) is 71.8 Å². The highest BCUT2D eigenvalue weighted by atomic mass is 35.5. The van der Waals surface area contributed by atoms with Crippen LogP contribution in [-0.4, -0.2) is 106 Å². The second-order valence-electron chi connectivity index (χ2n) is 9.17. The molecule has 1 aliphatic rings. The van der Waals surface area contributed by atoms with Gasteiger partial charge in [0.15, 0.2) is 11.5 Å². The lowest BCUT2D eigenvalue weighted by molar-refractivity contribution is -0.134. The molecule has 3 aromatic rings. The fraction of sp³-hybridized carbons (Fsp3) is 0.267. The van der Waals surface area contributed by atoms with Crippen LogP contribution in [0.3, 0.4) is 0 Å². The number of rotatable bonds is 12. The highest BCUT2D eigenvalue weighted by molar-refractivity contribution is 6.31. The van der Waals surface area contributed by atoms with Crippen LogP contribution in [0, 0.1) is 5.82 Å². The molecule has 0 atom stereocenters. The first-order chi connectivity index (χ1) is 22.4. The number of carbonyl (C=O) groups is 4. The molecule has 0 saturated carbocycles. The Morgan fingerprint density at radius 1 is 0.936 bits per heavy atom. The molecular formula is C30H32ClFN4O11. The molecule has 0 aliphatic carbocycles. The van der Waals surface area contributed by atoms with E-state index in [-0.39, 0.29) is 5.02 Å². The lowest BCUT2D eigenvalue weighted by Crippen LogP contribution is -2.37. The summed E-state index contributed by atoms with van der Waals surface area (Å²) in [5.41, 5.74) is 1.32. The van der Waals surface area contributed by atoms with E-state index in [1.165, 1.54) is 18.5 Å². The lowest BCUT2D eigenvalue weighted by atomic mass is 10.2. The fourth-order valence-electron chi connectivity index (χ4n) is 3.73. The molecule has 0 bridgehead atoms. The van der Waals surface area contributed by atoms with E-state index in [1.54, 1.807) is 13.2 Å². The van der Waals surface area contributed by atoms with Gasteiger partial charge in [-0.1, -0.05) is 11.6 Å². The third-order valence-electron chi connectivity index (χ3n) is 5.82. The Morgan fingerprint density at radius 2 is 1.53 bits per heavy atom. The monoisotopic (exact) mass is 678 g/mol. The number of morpholine rings is 1. The van der Waals surface area contributed by atoms with E-state index in [1.807, 2.05) is 12.1 Å². The van der Waals surface area contributed by atoms with Gasteiger partial charge in [0, 0.05) is 61.1 Å². The van der Waals surface area contributed by atoms with Crippen LogP contribution in [0.25, 0.3) is 10.9 Å². The summed E-state index contributed by atoms with van der Waals surface area (Å²) in [5.74, 6) is -3.72. The van der Waals surface area contributed by atoms with E-state index < -0.39 is 29.7 Å². The minimum absolute atomic E-state index is 0.0364. The average Bonchev–Trinajstić information content (AvgIpc) is 3.04. The van der Waals surface area contributed by atoms with Crippen LogP contribution in [0.4, 0.5) is 15.9 Å². The van der Waals surface area contributed by atoms with Gasteiger partial charge < -0.3 is 40.0 Å². The maximum Gasteiger partial charge on any atom is 0.328 e. The van der Waals surface area contributed by atoms with Crippen molar-refractivity contribution >= 4 is 57.9 Å². The molecule has 2 aromatic carbocycles. The zero-order valence-electron chi connectivity index (χ0n) is 25.0. The molecule has 2 heterocycles. The number of hydrogen-bond acceptors (Lipinski definition) is 11. The summed E-state index contributed by atoms with van der Waals surface area (Å²) in [5, 5.41) is 35.2. The molecule has 5 N–H and O–H groups in total. The zero-order valence-corrected chi connectivity index (χ0v) is 25.7. The largest absolute Gasteiger partial charge is 0.493 e. The van der Waals surface area contributed by atoms with E-state index >= 15 is 0 Å². The third kappa shape index (κ3) is 14.5. The van der Waals surface area contributed by atoms with Crippen molar-refractivity contribution in [2.75, 3.05) is 51.9 Å². The van der Waals surface area contributed by atoms with Crippen LogP contribution in [0.5, 0.6) is 11.5 Å². The molecular weight excluding hydrogens is 647 g/mol. The van der Waals surface area contributed by atoms with Gasteiger partial charge in [0.05, 0.1) is 37.5 Å². The Morgan fingerprint density at radius 3 is 2.06 bits per heavy atom. The van der Waals surface area contributed by atoms with Gasteiger partial charge in [0.25, 0.3) is 0 Å². The topological polar surface area (TPSA) is 218 Å². The van der Waals surface area contributed by atoms with Crippen molar-refractivity contribution in [2.24, 2.45) is 0 Å². The first kappa shape index (κ1) is 37.9. The van der Waals surface area contributed by atoms with Gasteiger partial charge in [0.2, 0.25) is 0 Å². The van der Waals surface area contributed by atoms with Gasteiger partial charge in [-0.2, -0.15) is 0 Å². The third-order valence-corrected chi connectivity index (χ3v) is 6.11. The number of carboxylic acid groups (broad SMARTS) is 4. The summed E-state index contributed by atoms with van der Waals surface area (Å²) in [6, 6.07) is 8.09. The number of aromatic nitrogens is 2. The fourth-order valence-corrected chi connectivity index (χ4v) is 3.91. The Labute approximate surface area is 272 Å². The number of halogens is 2. The normalized spacial score (nSPS) is 12.8. The highest BCUT2D eigenvalue weighted by Crippen LogP contribution is 2.35. The van der Waals surface area contributed by atoms with E-state index in [0.29, 0.717) is 59.4 Å². The number of nitrogens with zero attached hydrogens (tertiary/aromatic N) is 3. The molecule has 0 amide bonds. The Kier molecular flexibility index (Phi) is 16.1. The standard InChI is InChI=1S/C22H24ClFN4O3.2C4H4O4/c1-29-20-13-19-16(12-21(20)31-8-2-5-28-6-9-30-10-7-28)22(26-14-25-19)27-15-3-4-18(24)17(23)11-15;2*5-3(6)1-2-4(7)8/h3-4,11-14H,2,5-10H2,1H3,(H,25,26,27);2*1-2H,(H,5,6)(H,7,8)/b;2*2-1+. The van der Waals surface area contributed by atoms with Gasteiger partial charge in [0.1, 0.15) is 18.0 Å². The maximum atomic E-state index is 13.5. The quantitative estimate of drug-likeness (QED) is 0.136. The molecule has 1 aliphatic heterocycles. The Hall–Kier alpha value is -5.32. The lowest BCUT2D eigenvalue weighted by Gasteiger charge is -2.26. The molecule has 15 nitrogen and oxygen atoms in total. The Balaban J connectivity index is 0.000000397. The van der Waals surface area contributed by atoms with E-state index in [4.69, 9.17) is 46.2 Å². The number of fused-ring (bicyclic) bond motifs is 1. The van der Waals surface area contributed by atoms with Crippen LogP contribution >= 0.6 is 11.6 Å². The van der Waals surface area contributed by atoms with Crippen molar-refractivity contribution in [3.63, 3.8) is 0 Å². The number of methoxy groups -OCH3 is 1. The van der Waals surface area contributed by atoms with Crippen LogP contribution in [0.1, 0.15) is 6.42 Å². The number of aliphatic carboxylic acids is 4. The first-order valence-electron chi connectivity index (χ1n) is 13.6.